The maximum atomic E-state index is 12.0. The van der Waals surface area contributed by atoms with Gasteiger partial charge in [-0.15, -0.1) is 0 Å². The molecule has 0 aliphatic rings. The van der Waals surface area contributed by atoms with Gasteiger partial charge in [-0.05, 0) is 72.4 Å². The van der Waals surface area contributed by atoms with E-state index in [1.807, 2.05) is 42.5 Å². The number of hydrogen-bond donors (Lipinski definition) is 2. The lowest BCUT2D eigenvalue weighted by Gasteiger charge is -2.08. The number of benzene rings is 3. The Labute approximate surface area is 179 Å². The Morgan fingerprint density at radius 3 is 2.14 bits per heavy atom. The third kappa shape index (κ3) is 6.95. The number of carbonyl (C=O) groups excluding carboxylic acids is 1. The third-order valence-corrected chi connectivity index (χ3v) is 4.15. The molecule has 0 aromatic heterocycles. The molecule has 3 aromatic rings. The van der Waals surface area contributed by atoms with E-state index in [0.717, 1.165) is 16.9 Å². The van der Waals surface area contributed by atoms with Crippen LogP contribution < -0.4 is 10.6 Å². The monoisotopic (exact) mass is 420 g/mol. The molecule has 0 aliphatic carbocycles. The number of hydrogen-bond acceptors (Lipinski definition) is 4. The second kappa shape index (κ2) is 10.3. The van der Waals surface area contributed by atoms with Gasteiger partial charge in [-0.25, -0.2) is 0 Å². The first-order chi connectivity index (χ1) is 14.1. The molecule has 0 unspecified atom stereocenters. The molecule has 7 heteroatoms. The van der Waals surface area contributed by atoms with E-state index in [2.05, 4.69) is 20.9 Å². The molecule has 0 aliphatic heterocycles. The molecule has 5 nitrogen and oxygen atoms in total. The fourth-order valence-corrected chi connectivity index (χ4v) is 2.63. The smallest absolute Gasteiger partial charge is 0.250 e. The highest BCUT2D eigenvalue weighted by Crippen LogP contribution is 2.20. The van der Waals surface area contributed by atoms with Gasteiger partial charge in [0.1, 0.15) is 0 Å². The molecule has 3 aromatic carbocycles. The molecule has 29 heavy (non-hydrogen) atoms. The summed E-state index contributed by atoms with van der Waals surface area (Å²) in [6.07, 6.45) is 3.09. The van der Waals surface area contributed by atoms with Crippen molar-refractivity contribution in [2.75, 3.05) is 5.32 Å². The minimum atomic E-state index is -0.328. The van der Waals surface area contributed by atoms with Gasteiger partial charge < -0.3 is 5.32 Å². The molecule has 0 saturated heterocycles. The van der Waals surface area contributed by atoms with E-state index in [1.165, 1.54) is 6.08 Å². The van der Waals surface area contributed by atoms with Crippen LogP contribution in [0.5, 0.6) is 0 Å². The predicted octanol–water partition coefficient (Wildman–Crippen LogP) is 6.28. The van der Waals surface area contributed by atoms with Crippen molar-refractivity contribution < 1.29 is 4.79 Å². The molecule has 144 valence electrons. The summed E-state index contributed by atoms with van der Waals surface area (Å²) in [6, 6.07) is 23.9. The van der Waals surface area contributed by atoms with Gasteiger partial charge in [0.25, 0.3) is 0 Å². The number of anilines is 1. The second-order valence-electron chi connectivity index (χ2n) is 5.91. The lowest BCUT2D eigenvalue weighted by Crippen LogP contribution is -2.32. The maximum Gasteiger partial charge on any atom is 0.250 e. The Balaban J connectivity index is 1.50. The Bertz CT molecular complexity index is 1030. The predicted molar refractivity (Wildman–Crippen MR) is 122 cm³/mol. The highest BCUT2D eigenvalue weighted by atomic mass is 35.5. The summed E-state index contributed by atoms with van der Waals surface area (Å²) in [6.45, 7) is 0. The van der Waals surface area contributed by atoms with Crippen molar-refractivity contribution in [1.82, 2.24) is 5.32 Å². The van der Waals surface area contributed by atoms with Crippen molar-refractivity contribution in [3.05, 3.63) is 95.5 Å². The van der Waals surface area contributed by atoms with Crippen molar-refractivity contribution in [1.29, 1.82) is 0 Å². The van der Waals surface area contributed by atoms with Gasteiger partial charge in [-0.2, -0.15) is 10.2 Å². The van der Waals surface area contributed by atoms with Gasteiger partial charge in [-0.1, -0.05) is 41.9 Å². The molecular formula is C22H17ClN4OS. The van der Waals surface area contributed by atoms with Crippen LogP contribution in [0.4, 0.5) is 17.1 Å². The molecule has 0 saturated carbocycles. The second-order valence-corrected chi connectivity index (χ2v) is 6.76. The molecular weight excluding hydrogens is 404 g/mol. The number of azo groups is 1. The Morgan fingerprint density at radius 1 is 0.862 bits per heavy atom. The van der Waals surface area contributed by atoms with Crippen LogP contribution in [0.1, 0.15) is 5.56 Å². The maximum absolute atomic E-state index is 12.0. The zero-order valence-corrected chi connectivity index (χ0v) is 16.8. The molecule has 0 bridgehead atoms. The molecule has 0 spiro atoms. The minimum absolute atomic E-state index is 0.203. The fraction of sp³-hybridized carbons (Fsp3) is 0. The lowest BCUT2D eigenvalue weighted by atomic mass is 10.2. The fourth-order valence-electron chi connectivity index (χ4n) is 2.28. The van der Waals surface area contributed by atoms with Gasteiger partial charge in [0.15, 0.2) is 5.11 Å². The van der Waals surface area contributed by atoms with E-state index in [4.69, 9.17) is 23.8 Å². The van der Waals surface area contributed by atoms with Crippen LogP contribution >= 0.6 is 23.8 Å². The summed E-state index contributed by atoms with van der Waals surface area (Å²) in [4.78, 5) is 12.0. The summed E-state index contributed by atoms with van der Waals surface area (Å²) in [5.41, 5.74) is 3.09. The SMILES string of the molecule is O=C(C=Cc1ccc(Cl)cc1)NC(=S)Nc1ccc(N=Nc2ccccc2)cc1. The average molecular weight is 421 g/mol. The summed E-state index contributed by atoms with van der Waals surface area (Å²) < 4.78 is 0. The normalized spacial score (nSPS) is 10.9. The number of thiocarbonyl (C=S) groups is 1. The van der Waals surface area contributed by atoms with Gasteiger partial charge in [-0.3, -0.25) is 10.1 Å². The van der Waals surface area contributed by atoms with Crippen LogP contribution in [0.25, 0.3) is 6.08 Å². The molecule has 0 atom stereocenters. The first-order valence-corrected chi connectivity index (χ1v) is 9.49. The zero-order chi connectivity index (χ0) is 20.5. The largest absolute Gasteiger partial charge is 0.332 e. The summed E-state index contributed by atoms with van der Waals surface area (Å²) in [5.74, 6) is -0.328. The third-order valence-electron chi connectivity index (χ3n) is 3.70. The van der Waals surface area contributed by atoms with E-state index < -0.39 is 0 Å². The first-order valence-electron chi connectivity index (χ1n) is 8.71. The Hall–Kier alpha value is -3.35. The topological polar surface area (TPSA) is 65.8 Å². The highest BCUT2D eigenvalue weighted by Gasteiger charge is 2.02. The number of amides is 1. The van der Waals surface area contributed by atoms with Crippen molar-refractivity contribution >= 4 is 58.0 Å². The summed E-state index contributed by atoms with van der Waals surface area (Å²) in [7, 11) is 0. The number of nitrogens with zero attached hydrogens (tertiary/aromatic N) is 2. The summed E-state index contributed by atoms with van der Waals surface area (Å²) >= 11 is 11.0. The van der Waals surface area contributed by atoms with Gasteiger partial charge in [0.2, 0.25) is 5.91 Å². The van der Waals surface area contributed by atoms with Gasteiger partial charge >= 0.3 is 0 Å². The van der Waals surface area contributed by atoms with E-state index in [1.54, 1.807) is 42.5 Å². The van der Waals surface area contributed by atoms with Crippen LogP contribution in [-0.4, -0.2) is 11.0 Å². The van der Waals surface area contributed by atoms with E-state index in [0.29, 0.717) is 10.7 Å². The van der Waals surface area contributed by atoms with Crippen molar-refractivity contribution in [2.24, 2.45) is 10.2 Å². The van der Waals surface area contributed by atoms with Crippen LogP contribution in [0.3, 0.4) is 0 Å². The molecule has 1 amide bonds. The lowest BCUT2D eigenvalue weighted by molar-refractivity contribution is -0.115. The van der Waals surface area contributed by atoms with Crippen LogP contribution in [0, 0.1) is 0 Å². The van der Waals surface area contributed by atoms with Gasteiger partial charge in [0.05, 0.1) is 11.4 Å². The Kier molecular flexibility index (Phi) is 7.22. The number of halogens is 1. The average Bonchev–Trinajstić information content (AvgIpc) is 2.73. The van der Waals surface area contributed by atoms with Crippen LogP contribution in [0.15, 0.2) is 95.2 Å². The quantitative estimate of drug-likeness (QED) is 0.290. The number of rotatable bonds is 5. The van der Waals surface area contributed by atoms with Crippen LogP contribution in [-0.2, 0) is 4.79 Å². The molecule has 2 N–H and O–H groups in total. The first kappa shape index (κ1) is 20.4. The Morgan fingerprint density at radius 2 is 1.48 bits per heavy atom. The standard InChI is InChI=1S/C22H17ClN4OS/c23-17-9-6-16(7-10-17)8-15-21(28)25-22(29)24-18-11-13-20(14-12-18)27-26-19-4-2-1-3-5-19/h1-15H,(H2,24,25,28,29). The minimum Gasteiger partial charge on any atom is -0.332 e. The van der Waals surface area contributed by atoms with Crippen LogP contribution in [0.2, 0.25) is 5.02 Å². The number of carbonyl (C=O) groups is 1. The molecule has 0 heterocycles. The molecule has 0 fully saturated rings. The van der Waals surface area contributed by atoms with Crippen molar-refractivity contribution in [3.8, 4) is 0 Å². The van der Waals surface area contributed by atoms with Gasteiger partial charge in [0, 0.05) is 16.8 Å². The van der Waals surface area contributed by atoms with E-state index >= 15 is 0 Å². The van der Waals surface area contributed by atoms with Crippen molar-refractivity contribution in [2.45, 2.75) is 0 Å². The zero-order valence-electron chi connectivity index (χ0n) is 15.2. The summed E-state index contributed by atoms with van der Waals surface area (Å²) in [5, 5.41) is 14.7. The highest BCUT2D eigenvalue weighted by molar-refractivity contribution is 7.80. The number of nitrogens with one attached hydrogen (secondary N) is 2. The van der Waals surface area contributed by atoms with E-state index in [-0.39, 0.29) is 11.0 Å². The van der Waals surface area contributed by atoms with Crippen molar-refractivity contribution in [3.63, 3.8) is 0 Å². The molecule has 3 rings (SSSR count). The molecule has 0 radical (unpaired) electrons. The van der Waals surface area contributed by atoms with E-state index in [9.17, 15) is 4.79 Å².